The lowest BCUT2D eigenvalue weighted by Crippen LogP contribution is -2.36. The van der Waals surface area contributed by atoms with E-state index in [1.165, 1.54) is 5.69 Å². The molecule has 0 radical (unpaired) electrons. The van der Waals surface area contributed by atoms with Crippen molar-refractivity contribution in [2.45, 2.75) is 6.54 Å². The number of ether oxygens (including phenoxy) is 1. The van der Waals surface area contributed by atoms with Crippen LogP contribution in [0.4, 0.5) is 5.69 Å². The van der Waals surface area contributed by atoms with Gasteiger partial charge in [-0.3, -0.25) is 4.79 Å². The highest BCUT2D eigenvalue weighted by molar-refractivity contribution is 5.99. The number of fused-ring (bicyclic) bond motifs is 1. The van der Waals surface area contributed by atoms with Crippen LogP contribution in [0.1, 0.15) is 15.9 Å². The van der Waals surface area contributed by atoms with Gasteiger partial charge in [0.25, 0.3) is 5.91 Å². The normalized spacial score (nSPS) is 14.0. The van der Waals surface area contributed by atoms with Crippen LogP contribution in [0.5, 0.6) is 0 Å². The third-order valence-corrected chi connectivity index (χ3v) is 5.78. The zero-order valence-corrected chi connectivity index (χ0v) is 18.0. The molecule has 1 fully saturated rings. The first-order valence-corrected chi connectivity index (χ1v) is 10.8. The molecule has 1 aliphatic heterocycles. The van der Waals surface area contributed by atoms with Gasteiger partial charge in [0, 0.05) is 44.1 Å². The topological polar surface area (TPSA) is 63.0 Å². The third kappa shape index (κ3) is 3.94. The highest BCUT2D eigenvalue weighted by Crippen LogP contribution is 2.22. The maximum absolute atomic E-state index is 13.2. The number of carbonyl (C=O) groups is 1. The zero-order chi connectivity index (χ0) is 21.9. The van der Waals surface area contributed by atoms with Crippen molar-refractivity contribution in [2.75, 3.05) is 38.3 Å². The molecule has 32 heavy (non-hydrogen) atoms. The number of nitrogens with zero attached hydrogens (tertiary/aromatic N) is 5. The highest BCUT2D eigenvalue weighted by atomic mass is 16.5. The SMILES string of the molecule is CN(Cc1ccc(N2CCOCC2)cc1)C(=O)c1cnn2c(-c3ccccc3)ccnc12. The summed E-state index contributed by atoms with van der Waals surface area (Å²) in [5, 5.41) is 4.46. The lowest BCUT2D eigenvalue weighted by molar-refractivity contribution is 0.0786. The summed E-state index contributed by atoms with van der Waals surface area (Å²) in [5.41, 5.74) is 5.24. The summed E-state index contributed by atoms with van der Waals surface area (Å²) in [5.74, 6) is -0.102. The van der Waals surface area contributed by atoms with Crippen LogP contribution < -0.4 is 4.90 Å². The van der Waals surface area contributed by atoms with E-state index >= 15 is 0 Å². The molecule has 3 heterocycles. The van der Waals surface area contributed by atoms with Crippen molar-refractivity contribution < 1.29 is 9.53 Å². The Labute approximate surface area is 186 Å². The summed E-state index contributed by atoms with van der Waals surface area (Å²) >= 11 is 0. The molecule has 0 aliphatic carbocycles. The summed E-state index contributed by atoms with van der Waals surface area (Å²) in [6.07, 6.45) is 3.33. The Morgan fingerprint density at radius 1 is 1.03 bits per heavy atom. The van der Waals surface area contributed by atoms with Gasteiger partial charge >= 0.3 is 0 Å². The second kappa shape index (κ2) is 8.80. The fraction of sp³-hybridized carbons (Fsp3) is 0.240. The van der Waals surface area contributed by atoms with Gasteiger partial charge in [0.05, 0.1) is 25.1 Å². The summed E-state index contributed by atoms with van der Waals surface area (Å²) in [6, 6.07) is 20.3. The molecule has 1 amide bonds. The zero-order valence-electron chi connectivity index (χ0n) is 18.0. The Bertz CT molecular complexity index is 1210. The average Bonchev–Trinajstić information content (AvgIpc) is 3.29. The minimum absolute atomic E-state index is 0.102. The molecule has 4 aromatic rings. The first-order valence-electron chi connectivity index (χ1n) is 10.8. The highest BCUT2D eigenvalue weighted by Gasteiger charge is 2.20. The molecule has 1 aliphatic rings. The second-order valence-corrected chi connectivity index (χ2v) is 7.92. The number of benzene rings is 2. The van der Waals surface area contributed by atoms with Crippen molar-refractivity contribution in [2.24, 2.45) is 0 Å². The van der Waals surface area contributed by atoms with Crippen LogP contribution >= 0.6 is 0 Å². The van der Waals surface area contributed by atoms with Gasteiger partial charge in [0.2, 0.25) is 0 Å². The predicted molar refractivity (Wildman–Crippen MR) is 124 cm³/mol. The van der Waals surface area contributed by atoms with Crippen LogP contribution in [-0.2, 0) is 11.3 Å². The van der Waals surface area contributed by atoms with Gasteiger partial charge in [-0.2, -0.15) is 5.10 Å². The minimum Gasteiger partial charge on any atom is -0.378 e. The molecule has 0 atom stereocenters. The Hall–Kier alpha value is -3.71. The lowest BCUT2D eigenvalue weighted by Gasteiger charge is -2.29. The third-order valence-electron chi connectivity index (χ3n) is 5.78. The fourth-order valence-corrected chi connectivity index (χ4v) is 4.05. The Morgan fingerprint density at radius 3 is 2.53 bits per heavy atom. The minimum atomic E-state index is -0.102. The van der Waals surface area contributed by atoms with Crippen LogP contribution in [0.25, 0.3) is 16.9 Å². The number of aromatic nitrogens is 3. The van der Waals surface area contributed by atoms with E-state index in [-0.39, 0.29) is 5.91 Å². The van der Waals surface area contributed by atoms with E-state index in [0.717, 1.165) is 43.1 Å². The second-order valence-electron chi connectivity index (χ2n) is 7.92. The molecule has 1 saturated heterocycles. The van der Waals surface area contributed by atoms with Crippen molar-refractivity contribution in [3.05, 3.63) is 84.2 Å². The first kappa shape index (κ1) is 20.2. The maximum Gasteiger partial charge on any atom is 0.259 e. The first-order chi connectivity index (χ1) is 15.7. The molecule has 0 saturated carbocycles. The van der Waals surface area contributed by atoms with Crippen molar-refractivity contribution >= 4 is 17.2 Å². The van der Waals surface area contributed by atoms with E-state index in [1.54, 1.807) is 21.8 Å². The number of hydrogen-bond donors (Lipinski definition) is 0. The van der Waals surface area contributed by atoms with E-state index in [4.69, 9.17) is 4.74 Å². The Morgan fingerprint density at radius 2 is 1.78 bits per heavy atom. The molecule has 162 valence electrons. The van der Waals surface area contributed by atoms with E-state index in [0.29, 0.717) is 17.8 Å². The summed E-state index contributed by atoms with van der Waals surface area (Å²) in [4.78, 5) is 21.7. The van der Waals surface area contributed by atoms with Crippen molar-refractivity contribution in [1.82, 2.24) is 19.5 Å². The molecule has 7 heteroatoms. The average molecular weight is 428 g/mol. The van der Waals surface area contributed by atoms with Gasteiger partial charge in [-0.1, -0.05) is 42.5 Å². The fourth-order valence-electron chi connectivity index (χ4n) is 4.05. The van der Waals surface area contributed by atoms with E-state index in [9.17, 15) is 4.79 Å². The number of amides is 1. The molecule has 0 bridgehead atoms. The molecule has 5 rings (SSSR count). The monoisotopic (exact) mass is 427 g/mol. The van der Waals surface area contributed by atoms with Crippen molar-refractivity contribution in [3.8, 4) is 11.3 Å². The smallest absolute Gasteiger partial charge is 0.259 e. The largest absolute Gasteiger partial charge is 0.378 e. The summed E-state index contributed by atoms with van der Waals surface area (Å²) in [6.45, 7) is 3.85. The quantitative estimate of drug-likeness (QED) is 0.488. The summed E-state index contributed by atoms with van der Waals surface area (Å²) < 4.78 is 7.15. The van der Waals surface area contributed by atoms with Gasteiger partial charge in [-0.25, -0.2) is 9.50 Å². The van der Waals surface area contributed by atoms with Gasteiger partial charge < -0.3 is 14.5 Å². The van der Waals surface area contributed by atoms with Gasteiger partial charge in [0.1, 0.15) is 5.56 Å². The molecular formula is C25H25N5O2. The van der Waals surface area contributed by atoms with Crippen LogP contribution in [0.3, 0.4) is 0 Å². The maximum atomic E-state index is 13.2. The summed E-state index contributed by atoms with van der Waals surface area (Å²) in [7, 11) is 1.81. The Balaban J connectivity index is 1.34. The molecule has 7 nitrogen and oxygen atoms in total. The molecule has 0 unspecified atom stereocenters. The van der Waals surface area contributed by atoms with Gasteiger partial charge in [-0.15, -0.1) is 0 Å². The number of hydrogen-bond acceptors (Lipinski definition) is 5. The van der Waals surface area contributed by atoms with Crippen LogP contribution in [-0.4, -0.2) is 58.8 Å². The van der Waals surface area contributed by atoms with Crippen LogP contribution in [0, 0.1) is 0 Å². The Kier molecular flexibility index (Phi) is 5.56. The molecular weight excluding hydrogens is 402 g/mol. The predicted octanol–water partition coefficient (Wildman–Crippen LogP) is 3.51. The number of anilines is 1. The molecule has 2 aromatic heterocycles. The lowest BCUT2D eigenvalue weighted by atomic mass is 10.1. The van der Waals surface area contributed by atoms with E-state index in [1.807, 2.05) is 43.4 Å². The van der Waals surface area contributed by atoms with Crippen molar-refractivity contribution in [1.29, 1.82) is 0 Å². The standard InChI is InChI=1S/C25H25N5O2/c1-28(18-19-7-9-21(10-8-19)29-13-15-32-16-14-29)25(31)22-17-27-30-23(11-12-26-24(22)30)20-5-3-2-4-6-20/h2-12,17H,13-16,18H2,1H3. The van der Waals surface area contributed by atoms with E-state index in [2.05, 4.69) is 39.2 Å². The van der Waals surface area contributed by atoms with Gasteiger partial charge in [0.15, 0.2) is 5.65 Å². The molecule has 0 spiro atoms. The van der Waals surface area contributed by atoms with Crippen LogP contribution in [0.2, 0.25) is 0 Å². The number of morpholine rings is 1. The molecule has 2 aromatic carbocycles. The van der Waals surface area contributed by atoms with Crippen LogP contribution in [0.15, 0.2) is 73.1 Å². The number of rotatable bonds is 5. The van der Waals surface area contributed by atoms with Gasteiger partial charge in [-0.05, 0) is 23.8 Å². The van der Waals surface area contributed by atoms with Crippen molar-refractivity contribution in [3.63, 3.8) is 0 Å². The molecule has 0 N–H and O–H groups in total. The number of carbonyl (C=O) groups excluding carboxylic acids is 1. The van der Waals surface area contributed by atoms with E-state index < -0.39 is 0 Å².